The van der Waals surface area contributed by atoms with Gasteiger partial charge in [-0.25, -0.2) is 9.97 Å². The molecule has 3 aromatic heterocycles. The molecule has 4 heterocycles. The van der Waals surface area contributed by atoms with Crippen molar-refractivity contribution in [2.75, 3.05) is 9.80 Å². The fraction of sp³-hybridized carbons (Fsp3) is 0.102. The van der Waals surface area contributed by atoms with E-state index in [9.17, 15) is 5.48 Å². The molecule has 1 saturated carbocycles. The van der Waals surface area contributed by atoms with Crippen LogP contribution in [0.2, 0.25) is 0 Å². The maximum Gasteiger partial charge on any atom is 0.135 e. The zero-order valence-electron chi connectivity index (χ0n) is 39.7. The molecule has 0 N–H and O–H groups in total. The quantitative estimate of drug-likeness (QED) is 0.135. The van der Waals surface area contributed by atoms with E-state index in [2.05, 4.69) is 103 Å². The summed E-state index contributed by atoms with van der Waals surface area (Å²) in [5.74, 6) is 2.23. The first-order valence-corrected chi connectivity index (χ1v) is 22.0. The summed E-state index contributed by atoms with van der Waals surface area (Å²) in [6.07, 6.45) is 0.606. The Morgan fingerprint density at radius 2 is 1.24 bits per heavy atom. The Hall–Kier alpha value is -7.27. The molecular weight excluding hydrogens is 990 g/mol. The number of ether oxygens (including phenoxy) is 1. The molecule has 0 saturated heterocycles. The number of benzene rings is 7. The molecule has 0 radical (unpaired) electrons. The summed E-state index contributed by atoms with van der Waals surface area (Å²) >= 11 is 0. The molecule has 1 aliphatic carbocycles. The number of anilines is 4. The Kier molecular flexibility index (Phi) is 9.87. The minimum atomic E-state index is -1.89. The van der Waals surface area contributed by atoms with Crippen molar-refractivity contribution in [2.45, 2.75) is 37.4 Å². The third-order valence-electron chi connectivity index (χ3n) is 12.5. The van der Waals surface area contributed by atoms with Crippen LogP contribution in [-0.4, -0.2) is 14.5 Å². The zero-order valence-corrected chi connectivity index (χ0v) is 38.0. The molecule has 7 heteroatoms. The van der Waals surface area contributed by atoms with Crippen LogP contribution in [0.15, 0.2) is 200 Å². The van der Waals surface area contributed by atoms with Crippen molar-refractivity contribution < 1.29 is 31.3 Å². The first-order valence-electron chi connectivity index (χ1n) is 24.0. The van der Waals surface area contributed by atoms with Crippen LogP contribution in [0.1, 0.15) is 48.6 Å². The number of rotatable bonds is 9. The van der Waals surface area contributed by atoms with Gasteiger partial charge in [0.1, 0.15) is 11.6 Å². The van der Waals surface area contributed by atoms with Crippen molar-refractivity contribution in [1.82, 2.24) is 14.5 Å². The summed E-state index contributed by atoms with van der Waals surface area (Å²) in [6, 6.07) is 69.3. The van der Waals surface area contributed by atoms with Gasteiger partial charge in [-0.15, -0.1) is 42.4 Å². The van der Waals surface area contributed by atoms with Gasteiger partial charge >= 0.3 is 0 Å². The van der Waals surface area contributed by atoms with E-state index in [4.69, 9.17) is 14.7 Å². The molecule has 0 atom stereocenters. The van der Waals surface area contributed by atoms with Gasteiger partial charge in [0.2, 0.25) is 0 Å². The van der Waals surface area contributed by atoms with Gasteiger partial charge in [0, 0.05) is 78.2 Å². The van der Waals surface area contributed by atoms with E-state index in [1.165, 1.54) is 0 Å². The summed E-state index contributed by atoms with van der Waals surface area (Å²) in [7, 11) is 0. The van der Waals surface area contributed by atoms with Gasteiger partial charge in [-0.05, 0) is 70.7 Å². The van der Waals surface area contributed by atoms with Crippen molar-refractivity contribution in [1.29, 1.82) is 0 Å². The Labute approximate surface area is 405 Å². The molecule has 10 aromatic rings. The van der Waals surface area contributed by atoms with E-state index in [1.807, 2.05) is 119 Å². The molecular formula is C59H44N5OPt-3. The summed E-state index contributed by atoms with van der Waals surface area (Å²) in [4.78, 5) is 14.1. The van der Waals surface area contributed by atoms with Crippen molar-refractivity contribution in [3.8, 4) is 39.6 Å². The van der Waals surface area contributed by atoms with Crippen LogP contribution in [0.4, 0.5) is 22.9 Å². The molecule has 1 fully saturated rings. The van der Waals surface area contributed by atoms with E-state index in [1.54, 1.807) is 12.3 Å². The fourth-order valence-corrected chi connectivity index (χ4v) is 9.52. The van der Waals surface area contributed by atoms with Gasteiger partial charge in [0.25, 0.3) is 0 Å². The number of aromatic nitrogens is 3. The van der Waals surface area contributed by atoms with Crippen molar-refractivity contribution in [3.05, 3.63) is 230 Å². The summed E-state index contributed by atoms with van der Waals surface area (Å²) < 4.78 is 46.7. The summed E-state index contributed by atoms with van der Waals surface area (Å²) in [6.45, 7) is 2.07. The van der Waals surface area contributed by atoms with E-state index >= 15 is 0 Å². The molecule has 6 nitrogen and oxygen atoms in total. The van der Waals surface area contributed by atoms with Crippen LogP contribution in [0.25, 0.3) is 49.9 Å². The average Bonchev–Trinajstić information content (AvgIpc) is 3.93. The maximum atomic E-state index is 9.50. The molecule has 12 rings (SSSR count). The molecule has 0 spiro atoms. The second kappa shape index (κ2) is 17.6. The number of fused-ring (bicyclic) bond motifs is 4. The van der Waals surface area contributed by atoms with E-state index in [0.29, 0.717) is 40.4 Å². The SMILES string of the molecule is [2H]C1([2H])CCCC([2H])([2H])C1(c1ccccc1)c1ccnc(-n2c3[c-]c(Oc4[c-]c(N5[CH-]N(c6c(-c7ccccc7)cccc6-c6ccccc6)c6cccnc65)ccc4)ccc3c3ccccc32)c1.[Pt]. The second-order valence-corrected chi connectivity index (χ2v) is 16.3. The van der Waals surface area contributed by atoms with E-state index in [-0.39, 0.29) is 33.9 Å². The van der Waals surface area contributed by atoms with Gasteiger partial charge in [-0.1, -0.05) is 158 Å². The third-order valence-corrected chi connectivity index (χ3v) is 12.5. The third kappa shape index (κ3) is 7.26. The van der Waals surface area contributed by atoms with Crippen molar-refractivity contribution >= 4 is 44.7 Å². The minimum absolute atomic E-state index is 0. The molecule has 2 aliphatic rings. The van der Waals surface area contributed by atoms with Crippen LogP contribution in [-0.2, 0) is 26.5 Å². The molecule has 66 heavy (non-hydrogen) atoms. The monoisotopic (exact) mass is 1040 g/mol. The Morgan fingerprint density at radius 1 is 0.561 bits per heavy atom. The molecule has 1 aliphatic heterocycles. The molecule has 7 aromatic carbocycles. The van der Waals surface area contributed by atoms with E-state index < -0.39 is 18.2 Å². The van der Waals surface area contributed by atoms with Crippen LogP contribution in [0.3, 0.4) is 0 Å². The molecule has 0 amide bonds. The van der Waals surface area contributed by atoms with Crippen LogP contribution in [0.5, 0.6) is 11.5 Å². The standard InChI is InChI=1S/C59H44N5O.Pt/c1-5-18-42(19-6-1)49-27-16-28-50(43-20-7-2-8-21-43)57(49)63-41-62(58-54(63)30-17-36-61-58)46-24-15-25-47(39-46)65-48-31-32-52-51-26-11-12-29-53(51)64(55(52)40-48)56-38-45(33-37-60-56)59(34-13-4-14-35-59)44-22-9-3-10-23-44;/h1-3,5-12,15-33,36-38,41H,4,13-14,34-35H2;/q-3;/i34D2,35D2;. The number of nitrogens with zero attached hydrogens (tertiary/aromatic N) is 5. The predicted molar refractivity (Wildman–Crippen MR) is 263 cm³/mol. The first kappa shape index (κ1) is 37.0. The Balaban J connectivity index is 0.00000533. The largest absolute Gasteiger partial charge is 0.509 e. The van der Waals surface area contributed by atoms with Gasteiger partial charge in [0.15, 0.2) is 0 Å². The number of para-hydroxylation sites is 2. The van der Waals surface area contributed by atoms with Gasteiger partial charge in [-0.2, -0.15) is 12.1 Å². The van der Waals surface area contributed by atoms with Crippen LogP contribution < -0.4 is 14.5 Å². The minimum Gasteiger partial charge on any atom is -0.509 e. The smallest absolute Gasteiger partial charge is 0.135 e. The summed E-state index contributed by atoms with van der Waals surface area (Å²) in [5.41, 5.74) is 8.21. The fourth-order valence-electron chi connectivity index (χ4n) is 9.52. The van der Waals surface area contributed by atoms with Gasteiger partial charge in [-0.3, -0.25) is 0 Å². The number of hydrogen-bond donors (Lipinski definition) is 0. The van der Waals surface area contributed by atoms with Crippen molar-refractivity contribution in [3.63, 3.8) is 0 Å². The first-order chi connectivity index (χ1) is 33.7. The topological polar surface area (TPSA) is 46.4 Å². The Bertz CT molecular complexity index is 3460. The average molecular weight is 1040 g/mol. The Morgan fingerprint density at radius 3 is 2.00 bits per heavy atom. The molecule has 0 bridgehead atoms. The molecule has 324 valence electrons. The zero-order chi connectivity index (χ0) is 46.7. The van der Waals surface area contributed by atoms with E-state index in [0.717, 1.165) is 61.4 Å². The maximum absolute atomic E-state index is 9.50. The summed E-state index contributed by atoms with van der Waals surface area (Å²) in [5, 5.41) is 1.92. The van der Waals surface area contributed by atoms with Gasteiger partial charge < -0.3 is 19.1 Å². The number of hydrogen-bond acceptors (Lipinski definition) is 5. The van der Waals surface area contributed by atoms with Gasteiger partial charge in [0.05, 0.1) is 5.69 Å². The van der Waals surface area contributed by atoms with Crippen molar-refractivity contribution in [2.24, 2.45) is 0 Å². The van der Waals surface area contributed by atoms with Crippen LogP contribution in [0, 0.1) is 18.8 Å². The number of pyridine rings is 2. The second-order valence-electron chi connectivity index (χ2n) is 16.3. The van der Waals surface area contributed by atoms with Crippen LogP contribution >= 0.6 is 0 Å². The molecule has 0 unspecified atom stereocenters. The normalized spacial score (nSPS) is 16.7. The predicted octanol–water partition coefficient (Wildman–Crippen LogP) is 15.0.